The predicted molar refractivity (Wildman–Crippen MR) is 63.5 cm³/mol. The molecule has 18 heavy (non-hydrogen) atoms. The topological polar surface area (TPSA) is 125 Å². The third kappa shape index (κ3) is 2.31. The van der Waals surface area contributed by atoms with Gasteiger partial charge in [-0.1, -0.05) is 5.16 Å². The minimum atomic E-state index is -3.50. The van der Waals surface area contributed by atoms with E-state index in [4.69, 9.17) is 10.9 Å². The minimum absolute atomic E-state index is 0.0665. The van der Waals surface area contributed by atoms with Gasteiger partial charge in [0.2, 0.25) is 0 Å². The van der Waals surface area contributed by atoms with Crippen molar-refractivity contribution in [2.75, 3.05) is 13.1 Å². The van der Waals surface area contributed by atoms with E-state index < -0.39 is 10.0 Å². The van der Waals surface area contributed by atoms with Crippen molar-refractivity contribution in [3.63, 3.8) is 0 Å². The minimum Gasteiger partial charge on any atom is -0.409 e. The molecule has 0 aromatic carbocycles. The fourth-order valence-electron chi connectivity index (χ4n) is 2.00. The second kappa shape index (κ2) is 4.94. The molecule has 0 atom stereocenters. The lowest BCUT2D eigenvalue weighted by Crippen LogP contribution is -2.41. The molecule has 0 saturated carbocycles. The number of H-pyrrole nitrogens is 1. The van der Waals surface area contributed by atoms with Gasteiger partial charge >= 0.3 is 0 Å². The third-order valence-electron chi connectivity index (χ3n) is 3.08. The molecule has 1 fully saturated rings. The van der Waals surface area contributed by atoms with Gasteiger partial charge in [-0.25, -0.2) is 8.42 Å². The average Bonchev–Trinajstić information content (AvgIpc) is 2.92. The molecule has 1 aliphatic rings. The van der Waals surface area contributed by atoms with E-state index in [1.165, 1.54) is 16.6 Å². The van der Waals surface area contributed by atoms with Gasteiger partial charge in [0.1, 0.15) is 5.84 Å². The van der Waals surface area contributed by atoms with Crippen molar-refractivity contribution in [3.8, 4) is 0 Å². The molecule has 1 aromatic heterocycles. The van der Waals surface area contributed by atoms with Crippen LogP contribution in [0.2, 0.25) is 0 Å². The number of rotatable bonds is 3. The molecule has 8 nitrogen and oxygen atoms in total. The van der Waals surface area contributed by atoms with Crippen LogP contribution in [0.3, 0.4) is 0 Å². The van der Waals surface area contributed by atoms with Gasteiger partial charge in [0, 0.05) is 19.0 Å². The molecular weight excluding hydrogens is 258 g/mol. The zero-order chi connectivity index (χ0) is 13.2. The maximum atomic E-state index is 12.1. The molecule has 0 aliphatic carbocycles. The van der Waals surface area contributed by atoms with Crippen LogP contribution in [0, 0.1) is 5.92 Å². The molecule has 1 saturated heterocycles. The van der Waals surface area contributed by atoms with Gasteiger partial charge in [-0.15, -0.1) is 0 Å². The molecule has 9 heteroatoms. The van der Waals surface area contributed by atoms with Gasteiger partial charge in [-0.05, 0) is 18.9 Å². The summed E-state index contributed by atoms with van der Waals surface area (Å²) in [4.78, 5) is 0. The van der Waals surface area contributed by atoms with Crippen LogP contribution in [0.15, 0.2) is 22.4 Å². The Labute approximate surface area is 105 Å². The number of aromatic nitrogens is 2. The van der Waals surface area contributed by atoms with Gasteiger partial charge in [-0.2, -0.15) is 9.40 Å². The molecule has 4 N–H and O–H groups in total. The number of sulfonamides is 1. The number of oxime groups is 1. The number of aromatic amines is 1. The highest BCUT2D eigenvalue weighted by Gasteiger charge is 2.31. The lowest BCUT2D eigenvalue weighted by atomic mass is 9.97. The lowest BCUT2D eigenvalue weighted by Gasteiger charge is -2.29. The number of hydrogen-bond donors (Lipinski definition) is 3. The van der Waals surface area contributed by atoms with Crippen LogP contribution < -0.4 is 5.73 Å². The van der Waals surface area contributed by atoms with Crippen LogP contribution in [-0.4, -0.2) is 47.1 Å². The van der Waals surface area contributed by atoms with Crippen LogP contribution in [-0.2, 0) is 10.0 Å². The van der Waals surface area contributed by atoms with Crippen LogP contribution in [0.5, 0.6) is 0 Å². The Bertz CT molecular complexity index is 516. The number of nitrogens with one attached hydrogen (secondary N) is 1. The predicted octanol–water partition coefficient (Wildman–Crippen LogP) is -0.443. The maximum Gasteiger partial charge on any atom is 0.259 e. The zero-order valence-electron chi connectivity index (χ0n) is 9.65. The summed E-state index contributed by atoms with van der Waals surface area (Å²) < 4.78 is 25.7. The Morgan fingerprint density at radius 3 is 2.72 bits per heavy atom. The van der Waals surface area contributed by atoms with E-state index in [0.717, 1.165) is 0 Å². The SMILES string of the molecule is NC(=NO)C1CCN(S(=O)(=O)c2ccn[nH]2)CC1. The van der Waals surface area contributed by atoms with E-state index in [2.05, 4.69) is 15.4 Å². The van der Waals surface area contributed by atoms with Crippen molar-refractivity contribution in [1.82, 2.24) is 14.5 Å². The van der Waals surface area contributed by atoms with Gasteiger partial charge in [0.25, 0.3) is 10.0 Å². The largest absolute Gasteiger partial charge is 0.409 e. The molecule has 1 aromatic rings. The second-order valence-corrected chi connectivity index (χ2v) is 6.03. The first-order valence-corrected chi connectivity index (χ1v) is 6.96. The Hall–Kier alpha value is -1.61. The molecule has 100 valence electrons. The van der Waals surface area contributed by atoms with Gasteiger partial charge in [0.15, 0.2) is 5.03 Å². The van der Waals surface area contributed by atoms with E-state index in [9.17, 15) is 8.42 Å². The maximum absolute atomic E-state index is 12.1. The highest BCUT2D eigenvalue weighted by atomic mass is 32.2. The molecule has 0 amide bonds. The van der Waals surface area contributed by atoms with Crippen LogP contribution in [0.25, 0.3) is 0 Å². The van der Waals surface area contributed by atoms with Gasteiger partial charge in [-0.3, -0.25) is 5.10 Å². The van der Waals surface area contributed by atoms with Crippen molar-refractivity contribution in [3.05, 3.63) is 12.3 Å². The first-order valence-electron chi connectivity index (χ1n) is 5.52. The second-order valence-electron chi connectivity index (χ2n) is 4.12. The van der Waals surface area contributed by atoms with E-state index in [0.29, 0.717) is 25.9 Å². The van der Waals surface area contributed by atoms with E-state index in [1.54, 1.807) is 0 Å². The summed E-state index contributed by atoms with van der Waals surface area (Å²) in [5.41, 5.74) is 5.51. The van der Waals surface area contributed by atoms with Crippen molar-refractivity contribution < 1.29 is 13.6 Å². The molecule has 0 spiro atoms. The van der Waals surface area contributed by atoms with E-state index >= 15 is 0 Å². The normalized spacial score (nSPS) is 20.1. The number of amidine groups is 1. The monoisotopic (exact) mass is 273 g/mol. The molecule has 1 aliphatic heterocycles. The van der Waals surface area contributed by atoms with Crippen molar-refractivity contribution in [2.24, 2.45) is 16.8 Å². The average molecular weight is 273 g/mol. The number of nitrogens with two attached hydrogens (primary N) is 1. The summed E-state index contributed by atoms with van der Waals surface area (Å²) >= 11 is 0. The fourth-order valence-corrected chi connectivity index (χ4v) is 3.37. The summed E-state index contributed by atoms with van der Waals surface area (Å²) in [6.07, 6.45) is 2.49. The third-order valence-corrected chi connectivity index (χ3v) is 4.91. The quantitative estimate of drug-likeness (QED) is 0.298. The smallest absolute Gasteiger partial charge is 0.259 e. The Kier molecular flexibility index (Phi) is 3.53. The summed E-state index contributed by atoms with van der Waals surface area (Å²) in [6.45, 7) is 0.699. The zero-order valence-corrected chi connectivity index (χ0v) is 10.5. The molecule has 0 bridgehead atoms. The van der Waals surface area contributed by atoms with Crippen LogP contribution in [0.1, 0.15) is 12.8 Å². The molecule has 0 radical (unpaired) electrons. The first-order chi connectivity index (χ1) is 8.55. The van der Waals surface area contributed by atoms with Crippen molar-refractivity contribution in [2.45, 2.75) is 17.9 Å². The Balaban J connectivity index is 2.07. The highest BCUT2D eigenvalue weighted by Crippen LogP contribution is 2.22. The Morgan fingerprint density at radius 1 is 1.56 bits per heavy atom. The standard InChI is InChI=1S/C9H15N5O3S/c10-9(13-15)7-2-5-14(6-3-7)18(16,17)8-1-4-11-12-8/h1,4,7,15H,2-3,5-6H2,(H2,10,13)(H,11,12). The fraction of sp³-hybridized carbons (Fsp3) is 0.556. The van der Waals surface area contributed by atoms with Gasteiger partial charge < -0.3 is 10.9 Å². The number of hydrogen-bond acceptors (Lipinski definition) is 5. The van der Waals surface area contributed by atoms with Crippen LogP contribution >= 0.6 is 0 Å². The molecule has 0 unspecified atom stereocenters. The Morgan fingerprint density at radius 2 is 2.22 bits per heavy atom. The highest BCUT2D eigenvalue weighted by molar-refractivity contribution is 7.89. The van der Waals surface area contributed by atoms with Crippen LogP contribution in [0.4, 0.5) is 0 Å². The molecular formula is C9H15N5O3S. The van der Waals surface area contributed by atoms with E-state index in [-0.39, 0.29) is 16.8 Å². The van der Waals surface area contributed by atoms with Crippen molar-refractivity contribution in [1.29, 1.82) is 0 Å². The van der Waals surface area contributed by atoms with Gasteiger partial charge in [0.05, 0.1) is 6.20 Å². The summed E-state index contributed by atoms with van der Waals surface area (Å²) in [5.74, 6) is 0.0943. The number of piperidine rings is 1. The summed E-state index contributed by atoms with van der Waals surface area (Å²) in [5, 5.41) is 17.7. The lowest BCUT2D eigenvalue weighted by molar-refractivity contribution is 0.290. The van der Waals surface area contributed by atoms with E-state index in [1.807, 2.05) is 0 Å². The first kappa shape index (κ1) is 12.8. The molecule has 2 rings (SSSR count). The summed E-state index contributed by atoms with van der Waals surface area (Å²) in [7, 11) is -3.50. The van der Waals surface area contributed by atoms with Crippen molar-refractivity contribution >= 4 is 15.9 Å². The summed E-state index contributed by atoms with van der Waals surface area (Å²) in [6, 6.07) is 1.42. The number of nitrogens with zero attached hydrogens (tertiary/aromatic N) is 3. The molecule has 2 heterocycles.